The molecule has 1 aliphatic rings. The predicted octanol–water partition coefficient (Wildman–Crippen LogP) is 1.73. The summed E-state index contributed by atoms with van der Waals surface area (Å²) in [7, 11) is 0. The van der Waals surface area contributed by atoms with Crippen molar-refractivity contribution >= 4 is 22.4 Å². The summed E-state index contributed by atoms with van der Waals surface area (Å²) in [5.41, 5.74) is 1.49. The average molecular weight is 234 g/mol. The van der Waals surface area contributed by atoms with Crippen LogP contribution in [0.3, 0.4) is 0 Å². The van der Waals surface area contributed by atoms with E-state index in [0.717, 1.165) is 31.6 Å². The van der Waals surface area contributed by atoms with Crippen molar-refractivity contribution in [2.45, 2.75) is 12.8 Å². The van der Waals surface area contributed by atoms with Crippen molar-refractivity contribution < 1.29 is 9.55 Å². The molecule has 7 heteroatoms. The van der Waals surface area contributed by atoms with Gasteiger partial charge in [0.1, 0.15) is 0 Å². The molecule has 0 N–H and O–H groups in total. The Kier molecular flexibility index (Phi) is 2.17. The molecule has 3 rings (SSSR count). The molecule has 0 atom stereocenters. The summed E-state index contributed by atoms with van der Waals surface area (Å²) >= 11 is 0. The average Bonchev–Trinajstić information content (AvgIpc) is 2.98. The number of fused-ring (bicyclic) bond motifs is 1. The van der Waals surface area contributed by atoms with Crippen LogP contribution < -0.4 is 4.90 Å². The first kappa shape index (κ1) is 10.0. The first-order valence-corrected chi connectivity index (χ1v) is 5.42. The summed E-state index contributed by atoms with van der Waals surface area (Å²) in [6.07, 6.45) is 2.26. The van der Waals surface area contributed by atoms with E-state index in [4.69, 9.17) is 0 Å². The third-order valence-corrected chi connectivity index (χ3v) is 3.02. The van der Waals surface area contributed by atoms with E-state index in [2.05, 4.69) is 19.8 Å². The third-order valence-electron chi connectivity index (χ3n) is 3.02. The van der Waals surface area contributed by atoms with Crippen molar-refractivity contribution in [3.8, 4) is 0 Å². The molecule has 1 aliphatic heterocycles. The first-order chi connectivity index (χ1) is 8.27. The zero-order chi connectivity index (χ0) is 11.8. The Labute approximate surface area is 96.1 Å². The van der Waals surface area contributed by atoms with E-state index in [1.165, 1.54) is 6.07 Å². The normalized spacial score (nSPS) is 15.6. The van der Waals surface area contributed by atoms with E-state index in [0.29, 0.717) is 5.52 Å². The van der Waals surface area contributed by atoms with Crippen molar-refractivity contribution in [3.63, 3.8) is 0 Å². The molecular formula is C10H10N4O3. The second kappa shape index (κ2) is 3.69. The van der Waals surface area contributed by atoms with E-state index in [9.17, 15) is 10.1 Å². The lowest BCUT2D eigenvalue weighted by atomic mass is 10.2. The number of nitrogens with zero attached hydrogens (tertiary/aromatic N) is 4. The molecular weight excluding hydrogens is 224 g/mol. The summed E-state index contributed by atoms with van der Waals surface area (Å²) in [5, 5.41) is 18.2. The van der Waals surface area contributed by atoms with Crippen LogP contribution in [0.1, 0.15) is 12.8 Å². The fourth-order valence-electron chi connectivity index (χ4n) is 2.20. The minimum absolute atomic E-state index is 0.0656. The van der Waals surface area contributed by atoms with Gasteiger partial charge in [-0.25, -0.2) is 4.63 Å². The lowest BCUT2D eigenvalue weighted by Crippen LogP contribution is -2.17. The van der Waals surface area contributed by atoms with Crippen molar-refractivity contribution in [3.05, 3.63) is 22.2 Å². The Morgan fingerprint density at radius 1 is 1.24 bits per heavy atom. The van der Waals surface area contributed by atoms with Gasteiger partial charge < -0.3 is 4.90 Å². The lowest BCUT2D eigenvalue weighted by Gasteiger charge is -2.16. The Hall–Kier alpha value is -2.18. The number of nitro benzene ring substituents is 1. The van der Waals surface area contributed by atoms with Gasteiger partial charge >= 0.3 is 5.69 Å². The molecule has 1 saturated heterocycles. The number of benzene rings is 1. The summed E-state index contributed by atoms with van der Waals surface area (Å²) < 4.78 is 4.62. The second-order valence-electron chi connectivity index (χ2n) is 4.02. The minimum Gasteiger partial charge on any atom is -0.370 e. The molecule has 88 valence electrons. The van der Waals surface area contributed by atoms with Gasteiger partial charge in [-0.3, -0.25) is 10.1 Å². The van der Waals surface area contributed by atoms with Crippen LogP contribution in [0.2, 0.25) is 0 Å². The molecule has 0 aliphatic carbocycles. The number of hydrogen-bond donors (Lipinski definition) is 0. The van der Waals surface area contributed by atoms with E-state index in [1.807, 2.05) is 0 Å². The van der Waals surface area contributed by atoms with E-state index >= 15 is 0 Å². The number of non-ortho nitro benzene ring substituents is 1. The molecule has 0 bridgehead atoms. The topological polar surface area (TPSA) is 85.3 Å². The summed E-state index contributed by atoms with van der Waals surface area (Å²) in [6, 6.07) is 3.18. The predicted molar refractivity (Wildman–Crippen MR) is 59.9 cm³/mol. The minimum atomic E-state index is -0.472. The quantitative estimate of drug-likeness (QED) is 0.581. The van der Waals surface area contributed by atoms with Crippen LogP contribution in [0.4, 0.5) is 11.4 Å². The number of hydrogen-bond acceptors (Lipinski definition) is 6. The second-order valence-corrected chi connectivity index (χ2v) is 4.02. The molecule has 1 fully saturated rings. The van der Waals surface area contributed by atoms with Crippen LogP contribution in [-0.4, -0.2) is 28.3 Å². The van der Waals surface area contributed by atoms with Crippen molar-refractivity contribution in [2.75, 3.05) is 18.0 Å². The Morgan fingerprint density at radius 3 is 2.65 bits per heavy atom. The molecule has 1 aromatic carbocycles. The maximum atomic E-state index is 10.8. The Bertz CT molecular complexity index is 574. The highest BCUT2D eigenvalue weighted by molar-refractivity contribution is 5.93. The van der Waals surface area contributed by atoms with Crippen LogP contribution in [0.25, 0.3) is 11.0 Å². The highest BCUT2D eigenvalue weighted by atomic mass is 16.6. The van der Waals surface area contributed by atoms with Crippen LogP contribution in [0, 0.1) is 10.1 Å². The summed E-state index contributed by atoms with van der Waals surface area (Å²) in [4.78, 5) is 12.5. The van der Waals surface area contributed by atoms with Crippen LogP contribution in [-0.2, 0) is 0 Å². The number of aromatic nitrogens is 2. The zero-order valence-corrected chi connectivity index (χ0v) is 9.00. The Balaban J connectivity index is 2.17. The van der Waals surface area contributed by atoms with E-state index in [1.54, 1.807) is 6.07 Å². The van der Waals surface area contributed by atoms with Gasteiger partial charge in [0, 0.05) is 19.2 Å². The fourth-order valence-corrected chi connectivity index (χ4v) is 2.20. The molecule has 7 nitrogen and oxygen atoms in total. The first-order valence-electron chi connectivity index (χ1n) is 5.42. The molecule has 0 spiro atoms. The molecule has 0 radical (unpaired) electrons. The van der Waals surface area contributed by atoms with Gasteiger partial charge in [0.2, 0.25) is 5.52 Å². The van der Waals surface area contributed by atoms with Gasteiger partial charge in [0.15, 0.2) is 5.52 Å². The molecule has 1 aromatic heterocycles. The maximum absolute atomic E-state index is 10.8. The maximum Gasteiger partial charge on any atom is 0.300 e. The van der Waals surface area contributed by atoms with E-state index < -0.39 is 4.92 Å². The van der Waals surface area contributed by atoms with Crippen molar-refractivity contribution in [1.82, 2.24) is 10.3 Å². The summed E-state index contributed by atoms with van der Waals surface area (Å²) in [5.74, 6) is 0. The van der Waals surface area contributed by atoms with Gasteiger partial charge in [0.05, 0.1) is 10.6 Å². The van der Waals surface area contributed by atoms with Gasteiger partial charge in [0.25, 0.3) is 0 Å². The largest absolute Gasteiger partial charge is 0.370 e. The summed E-state index contributed by atoms with van der Waals surface area (Å²) in [6.45, 7) is 1.89. The fraction of sp³-hybridized carbons (Fsp3) is 0.400. The number of nitro groups is 1. The molecule has 0 unspecified atom stereocenters. The van der Waals surface area contributed by atoms with Crippen LogP contribution in [0.15, 0.2) is 16.8 Å². The van der Waals surface area contributed by atoms with E-state index in [-0.39, 0.29) is 11.2 Å². The van der Waals surface area contributed by atoms with Crippen LogP contribution >= 0.6 is 0 Å². The molecule has 2 heterocycles. The number of rotatable bonds is 2. The molecule has 0 saturated carbocycles. The van der Waals surface area contributed by atoms with Crippen LogP contribution in [0.5, 0.6) is 0 Å². The third kappa shape index (κ3) is 1.50. The highest BCUT2D eigenvalue weighted by Crippen LogP contribution is 2.32. The molecule has 0 amide bonds. The van der Waals surface area contributed by atoms with Gasteiger partial charge in [-0.1, -0.05) is 0 Å². The highest BCUT2D eigenvalue weighted by Gasteiger charge is 2.23. The molecule has 2 aromatic rings. The smallest absolute Gasteiger partial charge is 0.300 e. The van der Waals surface area contributed by atoms with Gasteiger partial charge in [-0.2, -0.15) is 0 Å². The molecule has 17 heavy (non-hydrogen) atoms. The lowest BCUT2D eigenvalue weighted by molar-refractivity contribution is -0.383. The van der Waals surface area contributed by atoms with Crippen molar-refractivity contribution in [1.29, 1.82) is 0 Å². The van der Waals surface area contributed by atoms with Crippen molar-refractivity contribution in [2.24, 2.45) is 0 Å². The standard InChI is InChI=1S/C10H10N4O3/c15-14(16)8-4-3-7(13-5-1-2-6-13)9-10(8)12-17-11-9/h3-4H,1-2,5-6H2. The Morgan fingerprint density at radius 2 is 1.94 bits per heavy atom. The monoisotopic (exact) mass is 234 g/mol. The van der Waals surface area contributed by atoms with Gasteiger partial charge in [-0.15, -0.1) is 0 Å². The zero-order valence-electron chi connectivity index (χ0n) is 9.00. The number of anilines is 1. The van der Waals surface area contributed by atoms with Gasteiger partial charge in [-0.05, 0) is 29.2 Å². The SMILES string of the molecule is O=[N+]([O-])c1ccc(N2CCCC2)c2nonc12.